The molecule has 2 nitrogen and oxygen atoms in total. The molecule has 0 saturated heterocycles. The Morgan fingerprint density at radius 3 is 2.27 bits per heavy atom. The number of ether oxygens (including phenoxy) is 1. The molecule has 0 radical (unpaired) electrons. The molecule has 1 aromatic rings. The van der Waals surface area contributed by atoms with Gasteiger partial charge in [0.2, 0.25) is 0 Å². The summed E-state index contributed by atoms with van der Waals surface area (Å²) in [5.41, 5.74) is 2.91. The molecule has 0 aromatic heterocycles. The third-order valence-electron chi connectivity index (χ3n) is 5.62. The molecule has 0 aliphatic heterocycles. The summed E-state index contributed by atoms with van der Waals surface area (Å²) in [6.45, 7) is 3.47. The van der Waals surface area contributed by atoms with Crippen LogP contribution in [0.5, 0.6) is 5.75 Å². The molecule has 1 unspecified atom stereocenters. The first-order chi connectivity index (χ1) is 12.3. The summed E-state index contributed by atoms with van der Waals surface area (Å²) >= 11 is 0. The summed E-state index contributed by atoms with van der Waals surface area (Å²) < 4.78 is 5.50. The third kappa shape index (κ3) is 8.31. The van der Waals surface area contributed by atoms with Gasteiger partial charge >= 0.3 is 0 Å². The Labute approximate surface area is 167 Å². The minimum absolute atomic E-state index is 0. The molecule has 0 saturated carbocycles. The van der Waals surface area contributed by atoms with E-state index in [0.29, 0.717) is 6.04 Å². The topological polar surface area (TPSA) is 21.3 Å². The van der Waals surface area contributed by atoms with E-state index in [4.69, 9.17) is 4.74 Å². The van der Waals surface area contributed by atoms with Crippen LogP contribution in [0.4, 0.5) is 0 Å². The van der Waals surface area contributed by atoms with Crippen molar-refractivity contribution in [2.24, 2.45) is 0 Å². The second-order valence-electron chi connectivity index (χ2n) is 7.67. The molecule has 1 atom stereocenters. The lowest BCUT2D eigenvalue weighted by molar-refractivity contribution is 0.396. The zero-order chi connectivity index (χ0) is 17.7. The standard InChI is InChI=1S/C23H39NO.ClH/c1-3-4-5-6-7-8-9-10-11-12-18-24-21-16-17-22-20(19-21)14-13-15-23(22)25-2;/h13-15,21,24H,3-12,16-19H2,1-2H3;1H. The van der Waals surface area contributed by atoms with E-state index in [1.165, 1.54) is 88.3 Å². The van der Waals surface area contributed by atoms with Gasteiger partial charge in [-0.05, 0) is 49.4 Å². The van der Waals surface area contributed by atoms with Crippen LogP contribution in [0.25, 0.3) is 0 Å². The minimum atomic E-state index is 0. The van der Waals surface area contributed by atoms with Crippen molar-refractivity contribution in [2.75, 3.05) is 13.7 Å². The monoisotopic (exact) mass is 381 g/mol. The van der Waals surface area contributed by atoms with Crippen molar-refractivity contribution in [3.05, 3.63) is 29.3 Å². The van der Waals surface area contributed by atoms with E-state index in [9.17, 15) is 0 Å². The number of hydrogen-bond acceptors (Lipinski definition) is 2. The highest BCUT2D eigenvalue weighted by Gasteiger charge is 2.20. The highest BCUT2D eigenvalue weighted by atomic mass is 35.5. The second-order valence-corrected chi connectivity index (χ2v) is 7.67. The number of nitrogens with one attached hydrogen (secondary N) is 1. The van der Waals surface area contributed by atoms with Crippen molar-refractivity contribution in [1.29, 1.82) is 0 Å². The summed E-state index contributed by atoms with van der Waals surface area (Å²) in [7, 11) is 1.78. The van der Waals surface area contributed by atoms with Gasteiger partial charge in [0.1, 0.15) is 5.75 Å². The lowest BCUT2D eigenvalue weighted by Crippen LogP contribution is -2.35. The van der Waals surface area contributed by atoms with Gasteiger partial charge in [0.15, 0.2) is 0 Å². The SMILES string of the molecule is CCCCCCCCCCCCNC1CCc2c(cccc2OC)C1.Cl. The van der Waals surface area contributed by atoms with Crippen LogP contribution in [0.2, 0.25) is 0 Å². The van der Waals surface area contributed by atoms with Gasteiger partial charge < -0.3 is 10.1 Å². The Kier molecular flexibility index (Phi) is 12.9. The predicted octanol–water partition coefficient (Wildman–Crippen LogP) is 6.48. The Balaban J connectivity index is 0.00000338. The zero-order valence-corrected chi connectivity index (χ0v) is 17.8. The van der Waals surface area contributed by atoms with Gasteiger partial charge in [-0.25, -0.2) is 0 Å². The van der Waals surface area contributed by atoms with Gasteiger partial charge in [0.05, 0.1) is 7.11 Å². The average Bonchev–Trinajstić information content (AvgIpc) is 2.65. The Bertz CT molecular complexity index is 477. The van der Waals surface area contributed by atoms with E-state index in [1.807, 2.05) is 0 Å². The van der Waals surface area contributed by atoms with Crippen LogP contribution in [0, 0.1) is 0 Å². The summed E-state index contributed by atoms with van der Waals surface area (Å²) in [5, 5.41) is 3.78. The molecular weight excluding hydrogens is 342 g/mol. The van der Waals surface area contributed by atoms with Gasteiger partial charge in [0.25, 0.3) is 0 Å². The molecule has 0 bridgehead atoms. The molecule has 0 heterocycles. The molecule has 1 aliphatic rings. The van der Waals surface area contributed by atoms with E-state index in [2.05, 4.69) is 30.4 Å². The molecule has 3 heteroatoms. The molecular formula is C23H40ClNO. The van der Waals surface area contributed by atoms with Crippen molar-refractivity contribution in [3.8, 4) is 5.75 Å². The highest BCUT2D eigenvalue weighted by molar-refractivity contribution is 5.85. The zero-order valence-electron chi connectivity index (χ0n) is 17.0. The summed E-state index contributed by atoms with van der Waals surface area (Å²) in [4.78, 5) is 0. The fourth-order valence-electron chi connectivity index (χ4n) is 4.06. The van der Waals surface area contributed by atoms with Gasteiger partial charge in [-0.1, -0.05) is 76.8 Å². The maximum absolute atomic E-state index is 5.50. The van der Waals surface area contributed by atoms with Gasteiger partial charge in [-0.3, -0.25) is 0 Å². The normalized spacial score (nSPS) is 16.0. The van der Waals surface area contributed by atoms with Crippen LogP contribution >= 0.6 is 12.4 Å². The fraction of sp³-hybridized carbons (Fsp3) is 0.739. The number of methoxy groups -OCH3 is 1. The molecule has 150 valence electrons. The lowest BCUT2D eigenvalue weighted by atomic mass is 9.87. The first kappa shape index (κ1) is 23.3. The number of rotatable bonds is 13. The molecule has 1 aromatic carbocycles. The number of hydrogen-bond donors (Lipinski definition) is 1. The van der Waals surface area contributed by atoms with Crippen LogP contribution in [-0.4, -0.2) is 19.7 Å². The average molecular weight is 382 g/mol. The maximum Gasteiger partial charge on any atom is 0.122 e. The van der Waals surface area contributed by atoms with Crippen molar-refractivity contribution < 1.29 is 4.74 Å². The number of halogens is 1. The first-order valence-electron chi connectivity index (χ1n) is 10.7. The van der Waals surface area contributed by atoms with Gasteiger partial charge in [0, 0.05) is 6.04 Å². The molecule has 0 fully saturated rings. The first-order valence-corrected chi connectivity index (χ1v) is 10.7. The van der Waals surface area contributed by atoms with Crippen molar-refractivity contribution in [3.63, 3.8) is 0 Å². The molecule has 2 rings (SSSR count). The Hall–Kier alpha value is -0.730. The van der Waals surface area contributed by atoms with E-state index < -0.39 is 0 Å². The van der Waals surface area contributed by atoms with E-state index in [-0.39, 0.29) is 12.4 Å². The van der Waals surface area contributed by atoms with Gasteiger partial charge in [-0.15, -0.1) is 12.4 Å². The largest absolute Gasteiger partial charge is 0.496 e. The minimum Gasteiger partial charge on any atom is -0.496 e. The van der Waals surface area contributed by atoms with E-state index in [1.54, 1.807) is 7.11 Å². The van der Waals surface area contributed by atoms with Crippen LogP contribution in [-0.2, 0) is 12.8 Å². The van der Waals surface area contributed by atoms with Crippen LogP contribution in [0.15, 0.2) is 18.2 Å². The second kappa shape index (κ2) is 14.3. The summed E-state index contributed by atoms with van der Waals surface area (Å²) in [6.07, 6.45) is 17.7. The third-order valence-corrected chi connectivity index (χ3v) is 5.62. The smallest absolute Gasteiger partial charge is 0.122 e. The molecule has 0 spiro atoms. The molecule has 0 amide bonds. The lowest BCUT2D eigenvalue weighted by Gasteiger charge is -2.26. The maximum atomic E-state index is 5.50. The van der Waals surface area contributed by atoms with E-state index >= 15 is 0 Å². The van der Waals surface area contributed by atoms with Crippen molar-refractivity contribution in [1.82, 2.24) is 5.32 Å². The highest BCUT2D eigenvalue weighted by Crippen LogP contribution is 2.29. The Morgan fingerprint density at radius 1 is 0.962 bits per heavy atom. The predicted molar refractivity (Wildman–Crippen MR) is 116 cm³/mol. The van der Waals surface area contributed by atoms with Crippen LogP contribution in [0.3, 0.4) is 0 Å². The molecule has 26 heavy (non-hydrogen) atoms. The van der Waals surface area contributed by atoms with Crippen molar-refractivity contribution >= 4 is 12.4 Å². The quantitative estimate of drug-likeness (QED) is 0.394. The van der Waals surface area contributed by atoms with Crippen molar-refractivity contribution in [2.45, 2.75) is 96.4 Å². The molecule has 1 N–H and O–H groups in total. The summed E-state index contributed by atoms with van der Waals surface area (Å²) in [5.74, 6) is 1.07. The number of fused-ring (bicyclic) bond motifs is 1. The number of unbranched alkanes of at least 4 members (excludes halogenated alkanes) is 9. The number of benzene rings is 1. The summed E-state index contributed by atoms with van der Waals surface area (Å²) in [6, 6.07) is 7.14. The Morgan fingerprint density at radius 2 is 1.62 bits per heavy atom. The van der Waals surface area contributed by atoms with Crippen LogP contribution in [0.1, 0.15) is 88.7 Å². The van der Waals surface area contributed by atoms with Crippen LogP contribution < -0.4 is 10.1 Å². The van der Waals surface area contributed by atoms with E-state index in [0.717, 1.165) is 18.6 Å². The fourth-order valence-corrected chi connectivity index (χ4v) is 4.06. The van der Waals surface area contributed by atoms with Gasteiger partial charge in [-0.2, -0.15) is 0 Å². The molecule has 1 aliphatic carbocycles.